The van der Waals surface area contributed by atoms with E-state index >= 15 is 0 Å². The Labute approximate surface area is 212 Å². The first-order chi connectivity index (χ1) is 17.3. The van der Waals surface area contributed by atoms with Gasteiger partial charge in [-0.2, -0.15) is 0 Å². The van der Waals surface area contributed by atoms with E-state index in [-0.39, 0.29) is 0 Å². The molecule has 182 valence electrons. The van der Waals surface area contributed by atoms with E-state index in [0.717, 1.165) is 13.0 Å². The fourth-order valence-corrected chi connectivity index (χ4v) is 7.63. The van der Waals surface area contributed by atoms with Crippen LogP contribution in [-0.2, 0) is 6.42 Å². The van der Waals surface area contributed by atoms with Crippen LogP contribution in [0.2, 0.25) is 0 Å². The van der Waals surface area contributed by atoms with Gasteiger partial charge in [0.1, 0.15) is 0 Å². The lowest BCUT2D eigenvalue weighted by Gasteiger charge is -2.53. The van der Waals surface area contributed by atoms with Crippen molar-refractivity contribution in [2.75, 3.05) is 26.2 Å². The number of nitrogens with zero attached hydrogens (tertiary/aromatic N) is 2. The van der Waals surface area contributed by atoms with E-state index in [0.29, 0.717) is 23.4 Å². The maximum absolute atomic E-state index is 2.94. The maximum atomic E-state index is 2.94. The molecular formula is C33H40N2. The first kappa shape index (κ1) is 23.0. The molecule has 2 heteroatoms. The van der Waals surface area contributed by atoms with Crippen LogP contribution >= 0.6 is 0 Å². The van der Waals surface area contributed by atoms with Gasteiger partial charge in [0.15, 0.2) is 0 Å². The fraction of sp³-hybridized carbons (Fsp3) is 0.455. The molecule has 3 aromatic rings. The van der Waals surface area contributed by atoms with Gasteiger partial charge in [-0.05, 0) is 68.3 Å². The molecule has 7 rings (SSSR count). The van der Waals surface area contributed by atoms with Crippen LogP contribution < -0.4 is 0 Å². The van der Waals surface area contributed by atoms with Crippen LogP contribution in [0.15, 0.2) is 91.0 Å². The van der Waals surface area contributed by atoms with Crippen molar-refractivity contribution >= 4 is 0 Å². The summed E-state index contributed by atoms with van der Waals surface area (Å²) in [7, 11) is 0. The molecular weight excluding hydrogens is 424 g/mol. The first-order valence-electron chi connectivity index (χ1n) is 14.0. The van der Waals surface area contributed by atoms with Gasteiger partial charge in [0.25, 0.3) is 0 Å². The van der Waals surface area contributed by atoms with E-state index in [1.165, 1.54) is 63.7 Å². The monoisotopic (exact) mass is 464 g/mol. The molecule has 4 fully saturated rings. The van der Waals surface area contributed by atoms with Crippen molar-refractivity contribution in [1.29, 1.82) is 0 Å². The largest absolute Gasteiger partial charge is 0.299 e. The maximum Gasteiger partial charge on any atom is 0.0234 e. The highest BCUT2D eigenvalue weighted by atomic mass is 15.3. The summed E-state index contributed by atoms with van der Waals surface area (Å²) in [6, 6.07) is 34.7. The third-order valence-electron chi connectivity index (χ3n) is 9.32. The third kappa shape index (κ3) is 4.71. The van der Waals surface area contributed by atoms with E-state index in [2.05, 4.69) is 101 Å². The number of piperidine rings is 1. The molecule has 0 spiro atoms. The summed E-state index contributed by atoms with van der Waals surface area (Å²) < 4.78 is 0. The van der Waals surface area contributed by atoms with Crippen molar-refractivity contribution in [3.63, 3.8) is 0 Å². The van der Waals surface area contributed by atoms with Gasteiger partial charge in [-0.25, -0.2) is 0 Å². The van der Waals surface area contributed by atoms with E-state index < -0.39 is 0 Å². The topological polar surface area (TPSA) is 6.48 Å². The zero-order valence-corrected chi connectivity index (χ0v) is 21.1. The van der Waals surface area contributed by atoms with Crippen molar-refractivity contribution in [1.82, 2.24) is 9.80 Å². The Hall–Kier alpha value is -2.42. The summed E-state index contributed by atoms with van der Waals surface area (Å²) in [4.78, 5) is 5.85. The molecule has 0 radical (unpaired) electrons. The molecule has 3 aliphatic heterocycles. The number of rotatable bonds is 6. The van der Waals surface area contributed by atoms with Gasteiger partial charge in [-0.3, -0.25) is 9.80 Å². The minimum atomic E-state index is 0.319. The molecule has 4 aliphatic rings. The SMILES string of the molecule is c1ccc(CCN2CCC3(N4CCCCC4)C[C@@H](c4ccccc4)C2[C@H](c2ccccc2)C3)cc1. The normalized spacial score (nSPS) is 29.7. The van der Waals surface area contributed by atoms with Gasteiger partial charge in [-0.1, -0.05) is 97.4 Å². The lowest BCUT2D eigenvalue weighted by molar-refractivity contribution is 0.0162. The number of hydrogen-bond donors (Lipinski definition) is 0. The van der Waals surface area contributed by atoms with Crippen LogP contribution in [0.4, 0.5) is 0 Å². The molecule has 2 atom stereocenters. The molecule has 3 saturated heterocycles. The van der Waals surface area contributed by atoms with Crippen molar-refractivity contribution in [2.45, 2.75) is 68.4 Å². The molecule has 0 N–H and O–H groups in total. The van der Waals surface area contributed by atoms with Crippen molar-refractivity contribution in [2.24, 2.45) is 0 Å². The van der Waals surface area contributed by atoms with Gasteiger partial charge in [0.2, 0.25) is 0 Å². The molecule has 3 heterocycles. The zero-order chi connectivity index (χ0) is 23.5. The Balaban J connectivity index is 1.41. The van der Waals surface area contributed by atoms with Gasteiger partial charge in [-0.15, -0.1) is 0 Å². The minimum absolute atomic E-state index is 0.319. The number of likely N-dealkylation sites (tertiary alicyclic amines) is 1. The molecule has 2 bridgehead atoms. The summed E-state index contributed by atoms with van der Waals surface area (Å²) >= 11 is 0. The Morgan fingerprint density at radius 1 is 0.629 bits per heavy atom. The minimum Gasteiger partial charge on any atom is -0.299 e. The average Bonchev–Trinajstić information content (AvgIpc) is 3.21. The van der Waals surface area contributed by atoms with Gasteiger partial charge in [0, 0.05) is 36.5 Å². The van der Waals surface area contributed by atoms with Crippen molar-refractivity contribution < 1.29 is 0 Å². The Kier molecular flexibility index (Phi) is 6.76. The van der Waals surface area contributed by atoms with Crippen molar-refractivity contribution in [3.8, 4) is 0 Å². The fourth-order valence-electron chi connectivity index (χ4n) is 7.63. The van der Waals surface area contributed by atoms with Crippen LogP contribution in [0.25, 0.3) is 0 Å². The summed E-state index contributed by atoms with van der Waals surface area (Å²) in [6.45, 7) is 4.95. The average molecular weight is 465 g/mol. The molecule has 0 unspecified atom stereocenters. The molecule has 0 amide bonds. The summed E-state index contributed by atoms with van der Waals surface area (Å²) in [5.74, 6) is 1.16. The summed E-state index contributed by atoms with van der Waals surface area (Å²) in [5, 5.41) is 0. The van der Waals surface area contributed by atoms with Crippen LogP contribution in [0, 0.1) is 0 Å². The second kappa shape index (κ2) is 10.3. The number of benzene rings is 3. The molecule has 1 aliphatic carbocycles. The standard InChI is InChI=1S/C33H40N2/c1-5-13-27(14-6-1)19-23-34-24-20-33(35-21-11-4-12-22-35)25-30(28-15-7-2-8-16-28)32(34)31(26-33)29-17-9-3-10-18-29/h1-3,5-10,13-18,30-32H,4,11-12,19-26H2/t30-,31-,32?,33?/m0/s1. The molecule has 0 aromatic heterocycles. The lowest BCUT2D eigenvalue weighted by Crippen LogP contribution is -2.56. The number of fused-ring (bicyclic) bond motifs is 4. The van der Waals surface area contributed by atoms with E-state index in [9.17, 15) is 0 Å². The zero-order valence-electron chi connectivity index (χ0n) is 21.1. The molecule has 35 heavy (non-hydrogen) atoms. The molecule has 2 nitrogen and oxygen atoms in total. The summed E-state index contributed by atoms with van der Waals surface area (Å²) in [5.41, 5.74) is 4.88. The Morgan fingerprint density at radius 3 is 1.74 bits per heavy atom. The predicted molar refractivity (Wildman–Crippen MR) is 146 cm³/mol. The number of hydrogen-bond acceptors (Lipinski definition) is 2. The van der Waals surface area contributed by atoms with Crippen LogP contribution in [0.3, 0.4) is 0 Å². The highest BCUT2D eigenvalue weighted by molar-refractivity contribution is 5.32. The second-order valence-corrected chi connectivity index (χ2v) is 11.2. The van der Waals surface area contributed by atoms with Crippen LogP contribution in [-0.4, -0.2) is 47.6 Å². The highest BCUT2D eigenvalue weighted by Gasteiger charge is 2.53. The molecule has 1 saturated carbocycles. The quantitative estimate of drug-likeness (QED) is 0.392. The van der Waals surface area contributed by atoms with Gasteiger partial charge in [0.05, 0.1) is 0 Å². The van der Waals surface area contributed by atoms with Gasteiger partial charge < -0.3 is 0 Å². The second-order valence-electron chi connectivity index (χ2n) is 11.2. The van der Waals surface area contributed by atoms with E-state index in [1.807, 2.05) is 0 Å². The Bertz CT molecular complexity index is 1010. The van der Waals surface area contributed by atoms with Crippen molar-refractivity contribution in [3.05, 3.63) is 108 Å². The van der Waals surface area contributed by atoms with E-state index in [1.54, 1.807) is 11.1 Å². The highest BCUT2D eigenvalue weighted by Crippen LogP contribution is 2.54. The van der Waals surface area contributed by atoms with Crippen LogP contribution in [0.1, 0.15) is 67.1 Å². The lowest BCUT2D eigenvalue weighted by atomic mass is 9.63. The first-order valence-corrected chi connectivity index (χ1v) is 14.0. The molecule has 3 aromatic carbocycles. The van der Waals surface area contributed by atoms with Crippen LogP contribution in [0.5, 0.6) is 0 Å². The van der Waals surface area contributed by atoms with E-state index in [4.69, 9.17) is 0 Å². The third-order valence-corrected chi connectivity index (χ3v) is 9.32. The summed E-state index contributed by atoms with van der Waals surface area (Å²) in [6.07, 6.45) is 9.22. The predicted octanol–water partition coefficient (Wildman–Crippen LogP) is 6.89. The smallest absolute Gasteiger partial charge is 0.0234 e. The Morgan fingerprint density at radius 2 is 1.17 bits per heavy atom. The van der Waals surface area contributed by atoms with Gasteiger partial charge >= 0.3 is 0 Å².